The molecule has 0 saturated carbocycles. The summed E-state index contributed by atoms with van der Waals surface area (Å²) < 4.78 is 5.71. The van der Waals surface area contributed by atoms with Gasteiger partial charge in [0.2, 0.25) is 0 Å². The standard InChI is InChI=1S/C14H23NO/c1-12-7-8-14(11-13(12)2)16-10-6-5-9-15(3)4/h7-8,11H,5-6,9-10H2,1-4H3/p+1. The van der Waals surface area contributed by atoms with Crippen molar-refractivity contribution < 1.29 is 9.64 Å². The van der Waals surface area contributed by atoms with Gasteiger partial charge in [-0.15, -0.1) is 0 Å². The highest BCUT2D eigenvalue weighted by Gasteiger charge is 1.98. The van der Waals surface area contributed by atoms with Gasteiger partial charge in [0.15, 0.2) is 0 Å². The number of ether oxygens (including phenoxy) is 1. The summed E-state index contributed by atoms with van der Waals surface area (Å²) in [6.07, 6.45) is 2.37. The SMILES string of the molecule is Cc1ccc(OCCCC[NH+](C)C)cc1C. The molecular weight excluding hydrogens is 198 g/mol. The minimum Gasteiger partial charge on any atom is -0.494 e. The fourth-order valence-corrected chi connectivity index (χ4v) is 1.57. The molecule has 0 heterocycles. The molecule has 0 fully saturated rings. The van der Waals surface area contributed by atoms with E-state index in [4.69, 9.17) is 4.74 Å². The first-order valence-electron chi connectivity index (χ1n) is 6.08. The zero-order chi connectivity index (χ0) is 12.0. The molecule has 90 valence electrons. The molecule has 16 heavy (non-hydrogen) atoms. The van der Waals surface area contributed by atoms with Crippen LogP contribution in [0.1, 0.15) is 24.0 Å². The summed E-state index contributed by atoms with van der Waals surface area (Å²) in [5.74, 6) is 1.00. The second-order valence-corrected chi connectivity index (χ2v) is 4.76. The van der Waals surface area contributed by atoms with E-state index in [1.807, 2.05) is 0 Å². The lowest BCUT2D eigenvalue weighted by Crippen LogP contribution is -3.05. The predicted octanol–water partition coefficient (Wildman–Crippen LogP) is 1.61. The highest BCUT2D eigenvalue weighted by atomic mass is 16.5. The van der Waals surface area contributed by atoms with Crippen LogP contribution in [0.15, 0.2) is 18.2 Å². The molecule has 1 aromatic rings. The summed E-state index contributed by atoms with van der Waals surface area (Å²) in [5, 5.41) is 0. The average Bonchev–Trinajstić information content (AvgIpc) is 2.22. The molecule has 2 heteroatoms. The molecule has 1 rings (SSSR count). The van der Waals surface area contributed by atoms with Gasteiger partial charge < -0.3 is 9.64 Å². The average molecular weight is 222 g/mol. The molecule has 0 radical (unpaired) electrons. The van der Waals surface area contributed by atoms with Gasteiger partial charge in [-0.25, -0.2) is 0 Å². The van der Waals surface area contributed by atoms with Crippen molar-refractivity contribution in [2.45, 2.75) is 26.7 Å². The van der Waals surface area contributed by atoms with E-state index >= 15 is 0 Å². The Hall–Kier alpha value is -1.02. The zero-order valence-corrected chi connectivity index (χ0v) is 11.0. The lowest BCUT2D eigenvalue weighted by molar-refractivity contribution is -0.858. The molecule has 0 saturated heterocycles. The van der Waals surface area contributed by atoms with Crippen LogP contribution in [0.4, 0.5) is 0 Å². The van der Waals surface area contributed by atoms with Gasteiger partial charge >= 0.3 is 0 Å². The fraction of sp³-hybridized carbons (Fsp3) is 0.571. The molecule has 0 aliphatic heterocycles. The van der Waals surface area contributed by atoms with Crippen LogP contribution in [0.5, 0.6) is 5.75 Å². The Morgan fingerprint density at radius 3 is 2.44 bits per heavy atom. The Morgan fingerprint density at radius 2 is 1.81 bits per heavy atom. The Balaban J connectivity index is 2.24. The number of nitrogens with one attached hydrogen (secondary N) is 1. The zero-order valence-electron chi connectivity index (χ0n) is 11.0. The van der Waals surface area contributed by atoms with Gasteiger partial charge in [-0.1, -0.05) is 6.07 Å². The molecule has 0 unspecified atom stereocenters. The van der Waals surface area contributed by atoms with Gasteiger partial charge in [-0.05, 0) is 49.9 Å². The first-order chi connectivity index (χ1) is 7.59. The van der Waals surface area contributed by atoms with Crippen molar-refractivity contribution >= 4 is 0 Å². The maximum atomic E-state index is 5.71. The summed E-state index contributed by atoms with van der Waals surface area (Å²) >= 11 is 0. The van der Waals surface area contributed by atoms with E-state index in [-0.39, 0.29) is 0 Å². The first-order valence-corrected chi connectivity index (χ1v) is 6.08. The summed E-state index contributed by atoms with van der Waals surface area (Å²) in [5.41, 5.74) is 2.62. The maximum Gasteiger partial charge on any atom is 0.119 e. The van der Waals surface area contributed by atoms with Gasteiger partial charge in [-0.3, -0.25) is 0 Å². The van der Waals surface area contributed by atoms with Gasteiger partial charge in [0.1, 0.15) is 5.75 Å². The van der Waals surface area contributed by atoms with Gasteiger partial charge in [0.05, 0.1) is 27.2 Å². The van der Waals surface area contributed by atoms with Gasteiger partial charge in [0, 0.05) is 0 Å². The minimum atomic E-state index is 0.829. The molecule has 0 amide bonds. The summed E-state index contributed by atoms with van der Waals surface area (Å²) in [4.78, 5) is 1.51. The van der Waals surface area contributed by atoms with Crippen LogP contribution in [0.25, 0.3) is 0 Å². The first kappa shape index (κ1) is 13.0. The third-order valence-electron chi connectivity index (χ3n) is 2.82. The normalized spacial score (nSPS) is 10.8. The van der Waals surface area contributed by atoms with Crippen molar-refractivity contribution in [2.75, 3.05) is 27.2 Å². The monoisotopic (exact) mass is 222 g/mol. The lowest BCUT2D eigenvalue weighted by atomic mass is 10.1. The number of hydrogen-bond acceptors (Lipinski definition) is 1. The van der Waals surface area contributed by atoms with Crippen LogP contribution >= 0.6 is 0 Å². The maximum absolute atomic E-state index is 5.71. The number of benzene rings is 1. The van der Waals surface area contributed by atoms with Crippen molar-refractivity contribution in [3.05, 3.63) is 29.3 Å². The lowest BCUT2D eigenvalue weighted by Gasteiger charge is -2.09. The molecule has 0 aromatic heterocycles. The molecule has 2 nitrogen and oxygen atoms in total. The van der Waals surface area contributed by atoms with Crippen molar-refractivity contribution in [2.24, 2.45) is 0 Å². The van der Waals surface area contributed by atoms with Gasteiger partial charge in [0.25, 0.3) is 0 Å². The number of quaternary nitrogens is 1. The number of hydrogen-bond donors (Lipinski definition) is 1. The number of aryl methyl sites for hydroxylation is 2. The molecular formula is C14H24NO+. The number of unbranched alkanes of at least 4 members (excludes halogenated alkanes) is 1. The Labute approximate surface area is 99.2 Å². The Morgan fingerprint density at radius 1 is 1.06 bits per heavy atom. The van der Waals surface area contributed by atoms with E-state index in [9.17, 15) is 0 Å². The summed E-state index contributed by atoms with van der Waals surface area (Å²) in [6.45, 7) is 6.29. The van der Waals surface area contributed by atoms with Crippen molar-refractivity contribution in [3.8, 4) is 5.75 Å². The molecule has 0 aliphatic carbocycles. The highest BCUT2D eigenvalue weighted by Crippen LogP contribution is 2.16. The van der Waals surface area contributed by atoms with E-state index in [0.717, 1.165) is 18.8 Å². The van der Waals surface area contributed by atoms with Gasteiger partial charge in [-0.2, -0.15) is 0 Å². The second-order valence-electron chi connectivity index (χ2n) is 4.76. The van der Waals surface area contributed by atoms with Crippen LogP contribution in [-0.4, -0.2) is 27.2 Å². The largest absolute Gasteiger partial charge is 0.494 e. The third-order valence-corrected chi connectivity index (χ3v) is 2.82. The van der Waals surface area contributed by atoms with Crippen LogP contribution in [0.2, 0.25) is 0 Å². The van der Waals surface area contributed by atoms with Crippen molar-refractivity contribution in [1.82, 2.24) is 0 Å². The van der Waals surface area contributed by atoms with E-state index < -0.39 is 0 Å². The molecule has 0 bridgehead atoms. The van der Waals surface area contributed by atoms with Crippen molar-refractivity contribution in [1.29, 1.82) is 0 Å². The topological polar surface area (TPSA) is 13.7 Å². The molecule has 0 spiro atoms. The van der Waals surface area contributed by atoms with Crippen molar-refractivity contribution in [3.63, 3.8) is 0 Å². The van der Waals surface area contributed by atoms with E-state index in [2.05, 4.69) is 46.1 Å². The molecule has 1 N–H and O–H groups in total. The molecule has 1 aromatic carbocycles. The number of rotatable bonds is 6. The van der Waals surface area contributed by atoms with Crippen LogP contribution < -0.4 is 9.64 Å². The highest BCUT2D eigenvalue weighted by molar-refractivity contribution is 5.33. The third kappa shape index (κ3) is 4.67. The van der Waals surface area contributed by atoms with E-state index in [0.29, 0.717) is 0 Å². The van der Waals surface area contributed by atoms with Crippen LogP contribution in [-0.2, 0) is 0 Å². The van der Waals surface area contributed by atoms with E-state index in [1.54, 1.807) is 0 Å². The minimum absolute atomic E-state index is 0.829. The smallest absolute Gasteiger partial charge is 0.119 e. The molecule has 0 atom stereocenters. The summed E-state index contributed by atoms with van der Waals surface area (Å²) in [7, 11) is 4.37. The predicted molar refractivity (Wildman–Crippen MR) is 68.3 cm³/mol. The Bertz CT molecular complexity index is 321. The van der Waals surface area contributed by atoms with E-state index in [1.165, 1.54) is 29.0 Å². The second kappa shape index (κ2) is 6.54. The fourth-order valence-electron chi connectivity index (χ4n) is 1.57. The summed E-state index contributed by atoms with van der Waals surface area (Å²) in [6, 6.07) is 6.29. The quantitative estimate of drug-likeness (QED) is 0.722. The van der Waals surface area contributed by atoms with Crippen LogP contribution in [0, 0.1) is 13.8 Å². The Kier molecular flexibility index (Phi) is 5.33. The van der Waals surface area contributed by atoms with Crippen LogP contribution in [0.3, 0.4) is 0 Å². The molecule has 0 aliphatic rings.